The van der Waals surface area contributed by atoms with Crippen LogP contribution in [0, 0.1) is 13.8 Å². The Bertz CT molecular complexity index is 600. The van der Waals surface area contributed by atoms with Crippen LogP contribution in [0.2, 0.25) is 5.02 Å². The van der Waals surface area contributed by atoms with Gasteiger partial charge in [-0.1, -0.05) is 61.8 Å². The third kappa shape index (κ3) is 2.87. The Morgan fingerprint density at radius 1 is 0.950 bits per heavy atom. The van der Waals surface area contributed by atoms with Crippen molar-refractivity contribution in [3.8, 4) is 0 Å². The molecule has 2 heteroatoms. The molecule has 1 atom stereocenters. The first-order valence-electron chi connectivity index (χ1n) is 6.80. The normalized spacial score (nSPS) is 13.3. The second-order valence-corrected chi connectivity index (χ2v) is 6.75. The summed E-state index contributed by atoms with van der Waals surface area (Å²) in [6.45, 7) is 8.47. The predicted molar refractivity (Wildman–Crippen MR) is 89.0 cm³/mol. The summed E-state index contributed by atoms with van der Waals surface area (Å²) in [6.07, 6.45) is 0. The van der Waals surface area contributed by atoms with Gasteiger partial charge in [0.2, 0.25) is 0 Å². The summed E-state index contributed by atoms with van der Waals surface area (Å²) in [5, 5.41) is 0.578. The second-order valence-electron chi connectivity index (χ2n) is 5.91. The summed E-state index contributed by atoms with van der Waals surface area (Å²) in [4.78, 5) is 0. The third-order valence-electron chi connectivity index (χ3n) is 4.04. The summed E-state index contributed by atoms with van der Waals surface area (Å²) in [6, 6.07) is 14.5. The maximum atomic E-state index is 6.78. The van der Waals surface area contributed by atoms with Gasteiger partial charge in [-0.2, -0.15) is 0 Å². The van der Waals surface area contributed by atoms with E-state index in [2.05, 4.69) is 45.9 Å². The summed E-state index contributed by atoms with van der Waals surface area (Å²) < 4.78 is 0. The first-order valence-corrected chi connectivity index (χ1v) is 7.61. The van der Waals surface area contributed by atoms with E-state index in [9.17, 15) is 0 Å². The van der Waals surface area contributed by atoms with Crippen LogP contribution in [0.4, 0.5) is 0 Å². The number of benzene rings is 2. The Hall–Kier alpha value is -0.980. The second kappa shape index (κ2) is 5.79. The monoisotopic (exact) mass is 306 g/mol. The molecule has 0 radical (unpaired) electrons. The minimum atomic E-state index is -0.186. The van der Waals surface area contributed by atoms with E-state index >= 15 is 0 Å². The first-order chi connectivity index (χ1) is 9.34. The minimum absolute atomic E-state index is 0.170. The molecule has 106 valence electrons. The van der Waals surface area contributed by atoms with Crippen molar-refractivity contribution in [3.63, 3.8) is 0 Å². The van der Waals surface area contributed by atoms with E-state index in [0.717, 1.165) is 10.6 Å². The van der Waals surface area contributed by atoms with Crippen molar-refractivity contribution >= 4 is 23.2 Å². The highest BCUT2D eigenvalue weighted by molar-refractivity contribution is 6.33. The lowest BCUT2D eigenvalue weighted by Crippen LogP contribution is -2.23. The van der Waals surface area contributed by atoms with Gasteiger partial charge in [0.15, 0.2) is 0 Å². The van der Waals surface area contributed by atoms with Crippen LogP contribution >= 0.6 is 23.2 Å². The molecule has 0 spiro atoms. The maximum absolute atomic E-state index is 6.78. The third-order valence-corrected chi connectivity index (χ3v) is 5.15. The Balaban J connectivity index is 2.45. The zero-order valence-corrected chi connectivity index (χ0v) is 13.9. The number of hydrogen-bond acceptors (Lipinski definition) is 0. The smallest absolute Gasteiger partial charge is 0.0691 e. The number of aryl methyl sites for hydroxylation is 2. The van der Waals surface area contributed by atoms with Gasteiger partial charge in [0, 0.05) is 10.4 Å². The fourth-order valence-electron chi connectivity index (χ4n) is 2.40. The van der Waals surface area contributed by atoms with E-state index in [4.69, 9.17) is 23.2 Å². The molecule has 1 unspecified atom stereocenters. The SMILES string of the molecule is Cc1cc(Cl)c(C(Cl)C(C)(C)c2ccccc2)cc1C. The molecule has 0 aliphatic carbocycles. The molecule has 0 fully saturated rings. The Morgan fingerprint density at radius 2 is 1.50 bits per heavy atom. The van der Waals surface area contributed by atoms with Gasteiger partial charge >= 0.3 is 0 Å². The number of rotatable bonds is 3. The summed E-state index contributed by atoms with van der Waals surface area (Å²) in [5.74, 6) is 0. The van der Waals surface area contributed by atoms with Crippen LogP contribution in [0.1, 0.15) is 41.5 Å². The summed E-state index contributed by atoms with van der Waals surface area (Å²) in [5.41, 5.74) is 4.45. The molecule has 0 amide bonds. The molecule has 0 heterocycles. The highest BCUT2D eigenvalue weighted by Gasteiger charge is 2.32. The van der Waals surface area contributed by atoms with E-state index in [1.807, 2.05) is 24.3 Å². The van der Waals surface area contributed by atoms with Crippen molar-refractivity contribution in [2.24, 2.45) is 0 Å². The van der Waals surface area contributed by atoms with Crippen LogP contribution in [-0.4, -0.2) is 0 Å². The molecule has 20 heavy (non-hydrogen) atoms. The number of halogens is 2. The first kappa shape index (κ1) is 15.4. The fraction of sp³-hybridized carbons (Fsp3) is 0.333. The van der Waals surface area contributed by atoms with E-state index in [1.165, 1.54) is 16.7 Å². The summed E-state index contributed by atoms with van der Waals surface area (Å²) in [7, 11) is 0. The van der Waals surface area contributed by atoms with Crippen molar-refractivity contribution in [3.05, 3.63) is 69.7 Å². The quantitative estimate of drug-likeness (QED) is 0.591. The minimum Gasteiger partial charge on any atom is -0.117 e. The van der Waals surface area contributed by atoms with Crippen molar-refractivity contribution in [2.45, 2.75) is 38.5 Å². The lowest BCUT2D eigenvalue weighted by molar-refractivity contribution is 0.504. The Kier molecular flexibility index (Phi) is 4.46. The molecule has 0 aliphatic rings. The van der Waals surface area contributed by atoms with Gasteiger partial charge in [-0.15, -0.1) is 11.6 Å². The largest absolute Gasteiger partial charge is 0.117 e. The van der Waals surface area contributed by atoms with Crippen molar-refractivity contribution in [2.75, 3.05) is 0 Å². The van der Waals surface area contributed by atoms with Crippen LogP contribution in [-0.2, 0) is 5.41 Å². The maximum Gasteiger partial charge on any atom is 0.0691 e. The lowest BCUT2D eigenvalue weighted by Gasteiger charge is -2.32. The van der Waals surface area contributed by atoms with E-state index in [0.29, 0.717) is 0 Å². The number of hydrogen-bond donors (Lipinski definition) is 0. The molecular formula is C18H20Cl2. The van der Waals surface area contributed by atoms with Crippen LogP contribution in [0.25, 0.3) is 0 Å². The van der Waals surface area contributed by atoms with Gasteiger partial charge in [0.1, 0.15) is 0 Å². The highest BCUT2D eigenvalue weighted by atomic mass is 35.5. The average molecular weight is 307 g/mol. The van der Waals surface area contributed by atoms with Crippen LogP contribution in [0.3, 0.4) is 0 Å². The van der Waals surface area contributed by atoms with Gasteiger partial charge in [0.25, 0.3) is 0 Å². The lowest BCUT2D eigenvalue weighted by atomic mass is 9.78. The molecule has 2 aromatic rings. The molecule has 0 saturated carbocycles. The topological polar surface area (TPSA) is 0 Å². The standard InChI is InChI=1S/C18H20Cl2/c1-12-10-15(16(19)11-13(12)2)17(20)18(3,4)14-8-6-5-7-9-14/h5-11,17H,1-4H3. The molecule has 0 bridgehead atoms. The summed E-state index contributed by atoms with van der Waals surface area (Å²) >= 11 is 13.2. The van der Waals surface area contributed by atoms with E-state index in [-0.39, 0.29) is 10.8 Å². The van der Waals surface area contributed by atoms with Gasteiger partial charge in [0.05, 0.1) is 5.38 Å². The molecule has 0 aromatic heterocycles. The molecule has 2 rings (SSSR count). The molecule has 0 saturated heterocycles. The Labute approximate surface area is 131 Å². The van der Waals surface area contributed by atoms with E-state index < -0.39 is 0 Å². The van der Waals surface area contributed by atoms with Gasteiger partial charge in [-0.05, 0) is 42.2 Å². The van der Waals surface area contributed by atoms with Gasteiger partial charge in [-0.25, -0.2) is 0 Å². The van der Waals surface area contributed by atoms with Crippen LogP contribution in [0.15, 0.2) is 42.5 Å². The van der Waals surface area contributed by atoms with Crippen molar-refractivity contribution in [1.29, 1.82) is 0 Å². The number of alkyl halides is 1. The highest BCUT2D eigenvalue weighted by Crippen LogP contribution is 2.44. The van der Waals surface area contributed by atoms with Crippen molar-refractivity contribution in [1.82, 2.24) is 0 Å². The molecule has 2 aromatic carbocycles. The molecule has 0 aliphatic heterocycles. The zero-order valence-electron chi connectivity index (χ0n) is 12.4. The zero-order chi connectivity index (χ0) is 14.9. The molecule has 0 nitrogen and oxygen atoms in total. The molecular weight excluding hydrogens is 287 g/mol. The van der Waals surface area contributed by atoms with E-state index in [1.54, 1.807) is 0 Å². The van der Waals surface area contributed by atoms with Crippen molar-refractivity contribution < 1.29 is 0 Å². The molecule has 0 N–H and O–H groups in total. The predicted octanol–water partition coefficient (Wildman–Crippen LogP) is 6.21. The Morgan fingerprint density at radius 3 is 2.10 bits per heavy atom. The van der Waals surface area contributed by atoms with Crippen LogP contribution < -0.4 is 0 Å². The van der Waals surface area contributed by atoms with Crippen LogP contribution in [0.5, 0.6) is 0 Å². The van der Waals surface area contributed by atoms with Gasteiger partial charge in [-0.3, -0.25) is 0 Å². The fourth-order valence-corrected chi connectivity index (χ4v) is 3.09. The average Bonchev–Trinajstić information content (AvgIpc) is 2.43. The van der Waals surface area contributed by atoms with Gasteiger partial charge < -0.3 is 0 Å².